The number of ether oxygens (including phenoxy) is 1. The number of nitrogens with zero attached hydrogens (tertiary/aromatic N) is 1. The number of sulfonamides is 1. The molecule has 0 atom stereocenters. The molecule has 0 N–H and O–H groups in total. The summed E-state index contributed by atoms with van der Waals surface area (Å²) in [5.41, 5.74) is 1.38. The Morgan fingerprint density at radius 3 is 2.03 bits per heavy atom. The molecule has 3 aromatic carbocycles. The van der Waals surface area contributed by atoms with Crippen LogP contribution in [0.4, 0.5) is 8.78 Å². The van der Waals surface area contributed by atoms with Crippen LogP contribution in [0, 0.1) is 11.6 Å². The maximum atomic E-state index is 14.1. The van der Waals surface area contributed by atoms with Crippen molar-refractivity contribution in [3.05, 3.63) is 95.1 Å². The molecule has 162 valence electrons. The molecule has 0 saturated carbocycles. The highest BCUT2D eigenvalue weighted by atomic mass is 32.2. The Morgan fingerprint density at radius 2 is 1.48 bits per heavy atom. The maximum Gasteiger partial charge on any atom is 0.243 e. The summed E-state index contributed by atoms with van der Waals surface area (Å²) in [6.07, 6.45) is 0. The van der Waals surface area contributed by atoms with E-state index >= 15 is 0 Å². The molecule has 0 aromatic heterocycles. The molecule has 0 aliphatic heterocycles. The largest absolute Gasteiger partial charge is 0.494 e. The third-order valence-electron chi connectivity index (χ3n) is 4.75. The predicted molar refractivity (Wildman–Crippen MR) is 112 cm³/mol. The standard InChI is InChI=1S/C23H21F2NO4S/c1-16(27)19-6-10-21(11-7-19)31(28,29)26(14-17-3-8-20(24)9-4-17)15-18-5-12-23(30-2)22(25)13-18/h3-13H,14-15H2,1-2H3. The average Bonchev–Trinajstić information content (AvgIpc) is 2.75. The Kier molecular flexibility index (Phi) is 6.82. The number of carbonyl (C=O) groups is 1. The fourth-order valence-corrected chi connectivity index (χ4v) is 4.46. The Morgan fingerprint density at radius 1 is 0.903 bits per heavy atom. The zero-order valence-electron chi connectivity index (χ0n) is 17.0. The van der Waals surface area contributed by atoms with Crippen molar-refractivity contribution in [1.82, 2.24) is 4.31 Å². The van der Waals surface area contributed by atoms with Crippen molar-refractivity contribution in [3.8, 4) is 5.75 Å². The molecule has 0 radical (unpaired) electrons. The zero-order valence-corrected chi connectivity index (χ0v) is 17.8. The second-order valence-corrected chi connectivity index (χ2v) is 8.89. The Balaban J connectivity index is 1.98. The van der Waals surface area contributed by atoms with Gasteiger partial charge in [-0.2, -0.15) is 4.31 Å². The summed E-state index contributed by atoms with van der Waals surface area (Å²) >= 11 is 0. The van der Waals surface area contributed by atoms with Gasteiger partial charge in [-0.15, -0.1) is 0 Å². The van der Waals surface area contributed by atoms with Crippen molar-refractivity contribution < 1.29 is 26.7 Å². The molecule has 0 heterocycles. The van der Waals surface area contributed by atoms with E-state index in [1.165, 1.54) is 79.0 Å². The topological polar surface area (TPSA) is 63.7 Å². The smallest absolute Gasteiger partial charge is 0.243 e. The number of hydrogen-bond acceptors (Lipinski definition) is 4. The molecular formula is C23H21F2NO4S. The van der Waals surface area contributed by atoms with Crippen LogP contribution in [0.2, 0.25) is 0 Å². The second-order valence-electron chi connectivity index (χ2n) is 6.95. The van der Waals surface area contributed by atoms with Crippen molar-refractivity contribution in [2.75, 3.05) is 7.11 Å². The van der Waals surface area contributed by atoms with Crippen molar-refractivity contribution >= 4 is 15.8 Å². The molecule has 31 heavy (non-hydrogen) atoms. The Hall–Kier alpha value is -3.10. The minimum Gasteiger partial charge on any atom is -0.494 e. The number of methoxy groups -OCH3 is 1. The van der Waals surface area contributed by atoms with E-state index in [1.807, 2.05) is 0 Å². The van der Waals surface area contributed by atoms with Gasteiger partial charge in [-0.05, 0) is 54.4 Å². The number of Topliss-reactive ketones (excluding diaryl/α,β-unsaturated/α-hetero) is 1. The molecule has 8 heteroatoms. The van der Waals surface area contributed by atoms with E-state index in [1.54, 1.807) is 6.07 Å². The molecule has 3 aromatic rings. The first-order chi connectivity index (χ1) is 14.7. The lowest BCUT2D eigenvalue weighted by molar-refractivity contribution is 0.101. The van der Waals surface area contributed by atoms with Crippen LogP contribution in [-0.2, 0) is 23.1 Å². The van der Waals surface area contributed by atoms with Crippen molar-refractivity contribution in [1.29, 1.82) is 0 Å². The van der Waals surface area contributed by atoms with E-state index in [9.17, 15) is 22.0 Å². The fourth-order valence-electron chi connectivity index (χ4n) is 3.04. The van der Waals surface area contributed by atoms with Gasteiger partial charge in [-0.25, -0.2) is 17.2 Å². The first-order valence-corrected chi connectivity index (χ1v) is 10.8. The van der Waals surface area contributed by atoms with Gasteiger partial charge in [0.05, 0.1) is 12.0 Å². The van der Waals surface area contributed by atoms with Crippen LogP contribution in [-0.4, -0.2) is 25.6 Å². The van der Waals surface area contributed by atoms with Crippen LogP contribution >= 0.6 is 0 Å². The van der Waals surface area contributed by atoms with E-state index < -0.39 is 21.7 Å². The number of halogens is 2. The first-order valence-electron chi connectivity index (χ1n) is 9.38. The van der Waals surface area contributed by atoms with Crippen LogP contribution in [0.1, 0.15) is 28.4 Å². The number of rotatable bonds is 8. The predicted octanol–water partition coefficient (Wildman–Crippen LogP) is 4.57. The Bertz CT molecular complexity index is 1180. The van der Waals surface area contributed by atoms with Crippen LogP contribution in [0.3, 0.4) is 0 Å². The third-order valence-corrected chi connectivity index (χ3v) is 6.55. The average molecular weight is 445 g/mol. The minimum atomic E-state index is -4.00. The molecule has 0 fully saturated rings. The number of hydrogen-bond donors (Lipinski definition) is 0. The highest BCUT2D eigenvalue weighted by Gasteiger charge is 2.25. The molecule has 0 unspecified atom stereocenters. The molecule has 3 rings (SSSR count). The molecule has 0 aliphatic rings. The van der Waals surface area contributed by atoms with Crippen LogP contribution in [0.25, 0.3) is 0 Å². The summed E-state index contributed by atoms with van der Waals surface area (Å²) < 4.78 is 60.2. The van der Waals surface area contributed by atoms with E-state index in [0.29, 0.717) is 16.7 Å². The van der Waals surface area contributed by atoms with Gasteiger partial charge in [0.2, 0.25) is 10.0 Å². The molecule has 0 amide bonds. The fraction of sp³-hybridized carbons (Fsp3) is 0.174. The van der Waals surface area contributed by atoms with Crippen LogP contribution < -0.4 is 4.74 Å². The number of benzene rings is 3. The summed E-state index contributed by atoms with van der Waals surface area (Å²) in [5.74, 6) is -1.17. The van der Waals surface area contributed by atoms with Gasteiger partial charge in [-0.3, -0.25) is 4.79 Å². The van der Waals surface area contributed by atoms with Gasteiger partial charge in [0, 0.05) is 18.7 Å². The normalized spacial score (nSPS) is 11.5. The lowest BCUT2D eigenvalue weighted by Crippen LogP contribution is -2.30. The second kappa shape index (κ2) is 9.36. The number of carbonyl (C=O) groups excluding carboxylic acids is 1. The zero-order chi connectivity index (χ0) is 22.6. The highest BCUT2D eigenvalue weighted by molar-refractivity contribution is 7.89. The minimum absolute atomic E-state index is 0.00593. The lowest BCUT2D eigenvalue weighted by atomic mass is 10.2. The van der Waals surface area contributed by atoms with Crippen molar-refractivity contribution in [2.45, 2.75) is 24.9 Å². The monoisotopic (exact) mass is 445 g/mol. The van der Waals surface area contributed by atoms with E-state index in [-0.39, 0.29) is 29.5 Å². The summed E-state index contributed by atoms with van der Waals surface area (Å²) in [4.78, 5) is 11.5. The van der Waals surface area contributed by atoms with Gasteiger partial charge < -0.3 is 4.74 Å². The van der Waals surface area contributed by atoms with Crippen molar-refractivity contribution in [3.63, 3.8) is 0 Å². The van der Waals surface area contributed by atoms with E-state index in [4.69, 9.17) is 4.74 Å². The molecule has 5 nitrogen and oxygen atoms in total. The quantitative estimate of drug-likeness (QED) is 0.477. The third kappa shape index (κ3) is 5.34. The molecule has 0 saturated heterocycles. The van der Waals surface area contributed by atoms with Crippen molar-refractivity contribution in [2.24, 2.45) is 0 Å². The van der Waals surface area contributed by atoms with Gasteiger partial charge in [0.25, 0.3) is 0 Å². The molecule has 0 bridgehead atoms. The first kappa shape index (κ1) is 22.6. The summed E-state index contributed by atoms with van der Waals surface area (Å²) in [6.45, 7) is 1.22. The Labute approximate surface area is 179 Å². The molecule has 0 aliphatic carbocycles. The molecule has 0 spiro atoms. The summed E-state index contributed by atoms with van der Waals surface area (Å²) in [6, 6.07) is 15.3. The van der Waals surface area contributed by atoms with Crippen LogP contribution in [0.5, 0.6) is 5.75 Å². The van der Waals surface area contributed by atoms with Gasteiger partial charge in [0.1, 0.15) is 5.82 Å². The summed E-state index contributed by atoms with van der Waals surface area (Å²) in [5, 5.41) is 0. The molecular weight excluding hydrogens is 424 g/mol. The highest BCUT2D eigenvalue weighted by Crippen LogP contribution is 2.24. The lowest BCUT2D eigenvalue weighted by Gasteiger charge is -2.23. The number of ketones is 1. The summed E-state index contributed by atoms with van der Waals surface area (Å²) in [7, 11) is -2.66. The van der Waals surface area contributed by atoms with E-state index in [2.05, 4.69) is 0 Å². The van der Waals surface area contributed by atoms with Gasteiger partial charge >= 0.3 is 0 Å². The van der Waals surface area contributed by atoms with Crippen LogP contribution in [0.15, 0.2) is 71.6 Å². The maximum absolute atomic E-state index is 14.1. The van der Waals surface area contributed by atoms with Gasteiger partial charge in [-0.1, -0.05) is 30.3 Å². The van der Waals surface area contributed by atoms with E-state index in [0.717, 1.165) is 0 Å². The SMILES string of the molecule is COc1ccc(CN(Cc2ccc(F)cc2)S(=O)(=O)c2ccc(C(C)=O)cc2)cc1F. The van der Waals surface area contributed by atoms with Gasteiger partial charge in [0.15, 0.2) is 17.3 Å².